The Labute approximate surface area is 113 Å². The van der Waals surface area contributed by atoms with E-state index in [0.29, 0.717) is 17.2 Å². The average Bonchev–Trinajstić information content (AvgIpc) is 2.31. The molecule has 5 heteroatoms. The van der Waals surface area contributed by atoms with E-state index in [4.69, 9.17) is 15.9 Å². The number of para-hydroxylation sites is 1. The standard InChI is InChI=1S/C13H12BrN3O/c1-8-6-7-17-13(11(8)12(15)16)18-10-5-3-2-4-9(10)14/h2-7H,1H3,(H3,15,16). The number of nitrogen functional groups attached to an aromatic ring is 1. The number of nitrogens with one attached hydrogen (secondary N) is 1. The molecule has 92 valence electrons. The van der Waals surface area contributed by atoms with Crippen LogP contribution in [0.1, 0.15) is 11.1 Å². The molecule has 3 N–H and O–H groups in total. The van der Waals surface area contributed by atoms with Gasteiger partial charge in [0.15, 0.2) is 0 Å². The van der Waals surface area contributed by atoms with Crippen molar-refractivity contribution in [2.75, 3.05) is 0 Å². The van der Waals surface area contributed by atoms with Gasteiger partial charge in [0.05, 0.1) is 10.0 Å². The highest BCUT2D eigenvalue weighted by Gasteiger charge is 2.13. The van der Waals surface area contributed by atoms with E-state index < -0.39 is 0 Å². The summed E-state index contributed by atoms with van der Waals surface area (Å²) in [5.41, 5.74) is 6.94. The van der Waals surface area contributed by atoms with E-state index >= 15 is 0 Å². The van der Waals surface area contributed by atoms with Gasteiger partial charge in [0.1, 0.15) is 11.6 Å². The van der Waals surface area contributed by atoms with E-state index in [0.717, 1.165) is 10.0 Å². The van der Waals surface area contributed by atoms with E-state index in [1.54, 1.807) is 12.3 Å². The number of nitrogens with zero attached hydrogens (tertiary/aromatic N) is 1. The molecule has 0 amide bonds. The van der Waals surface area contributed by atoms with E-state index in [1.165, 1.54) is 0 Å². The summed E-state index contributed by atoms with van der Waals surface area (Å²) in [6.07, 6.45) is 1.63. The summed E-state index contributed by atoms with van der Waals surface area (Å²) in [5, 5.41) is 7.58. The van der Waals surface area contributed by atoms with Crippen LogP contribution < -0.4 is 10.5 Å². The summed E-state index contributed by atoms with van der Waals surface area (Å²) in [6.45, 7) is 1.87. The number of halogens is 1. The molecule has 0 aliphatic heterocycles. The Balaban J connectivity index is 2.44. The zero-order chi connectivity index (χ0) is 13.1. The fourth-order valence-corrected chi connectivity index (χ4v) is 1.94. The minimum absolute atomic E-state index is 0.0531. The maximum atomic E-state index is 7.58. The highest BCUT2D eigenvalue weighted by atomic mass is 79.9. The lowest BCUT2D eigenvalue weighted by molar-refractivity contribution is 0.458. The van der Waals surface area contributed by atoms with Crippen LogP contribution in [0.15, 0.2) is 41.0 Å². The lowest BCUT2D eigenvalue weighted by atomic mass is 10.1. The topological polar surface area (TPSA) is 72.0 Å². The normalized spacial score (nSPS) is 10.1. The highest BCUT2D eigenvalue weighted by Crippen LogP contribution is 2.30. The Morgan fingerprint density at radius 3 is 2.72 bits per heavy atom. The van der Waals surface area contributed by atoms with Gasteiger partial charge in [0, 0.05) is 6.20 Å². The molecule has 0 aliphatic carbocycles. The molecule has 0 fully saturated rings. The van der Waals surface area contributed by atoms with Crippen LogP contribution in [-0.4, -0.2) is 10.8 Å². The van der Waals surface area contributed by atoms with Gasteiger partial charge in [0.25, 0.3) is 0 Å². The number of rotatable bonds is 3. The zero-order valence-electron chi connectivity index (χ0n) is 9.77. The number of aryl methyl sites for hydroxylation is 1. The highest BCUT2D eigenvalue weighted by molar-refractivity contribution is 9.10. The van der Waals surface area contributed by atoms with E-state index in [9.17, 15) is 0 Å². The minimum atomic E-state index is -0.0531. The minimum Gasteiger partial charge on any atom is -0.437 e. The molecular weight excluding hydrogens is 294 g/mol. The number of hydrogen-bond donors (Lipinski definition) is 2. The maximum absolute atomic E-state index is 7.58. The Kier molecular flexibility index (Phi) is 3.62. The van der Waals surface area contributed by atoms with Crippen molar-refractivity contribution in [1.29, 1.82) is 5.41 Å². The molecule has 0 atom stereocenters. The van der Waals surface area contributed by atoms with Crippen LogP contribution in [-0.2, 0) is 0 Å². The van der Waals surface area contributed by atoms with Crippen molar-refractivity contribution in [2.24, 2.45) is 5.73 Å². The summed E-state index contributed by atoms with van der Waals surface area (Å²) in [4.78, 5) is 4.13. The first-order valence-corrected chi connectivity index (χ1v) is 6.11. The number of hydrogen-bond acceptors (Lipinski definition) is 3. The van der Waals surface area contributed by atoms with Crippen LogP contribution >= 0.6 is 15.9 Å². The Hall–Kier alpha value is -1.88. The number of pyridine rings is 1. The number of nitrogens with two attached hydrogens (primary N) is 1. The SMILES string of the molecule is Cc1ccnc(Oc2ccccc2Br)c1C(=N)N. The van der Waals surface area contributed by atoms with Gasteiger partial charge < -0.3 is 10.5 Å². The van der Waals surface area contributed by atoms with Gasteiger partial charge in [-0.1, -0.05) is 12.1 Å². The van der Waals surface area contributed by atoms with Crippen LogP contribution in [0.5, 0.6) is 11.6 Å². The second kappa shape index (κ2) is 5.18. The van der Waals surface area contributed by atoms with E-state index in [-0.39, 0.29) is 5.84 Å². The van der Waals surface area contributed by atoms with Crippen LogP contribution in [0.2, 0.25) is 0 Å². The third-order valence-electron chi connectivity index (χ3n) is 2.44. The quantitative estimate of drug-likeness (QED) is 0.675. The van der Waals surface area contributed by atoms with E-state index in [2.05, 4.69) is 20.9 Å². The largest absolute Gasteiger partial charge is 0.437 e. The van der Waals surface area contributed by atoms with Crippen molar-refractivity contribution < 1.29 is 4.74 Å². The molecule has 0 aliphatic rings. The number of ether oxygens (including phenoxy) is 1. The first kappa shape index (κ1) is 12.6. The van der Waals surface area contributed by atoms with Crippen molar-refractivity contribution in [3.63, 3.8) is 0 Å². The molecule has 0 bridgehead atoms. The van der Waals surface area contributed by atoms with Crippen molar-refractivity contribution >= 4 is 21.8 Å². The molecule has 1 heterocycles. The molecule has 0 radical (unpaired) electrons. The Morgan fingerprint density at radius 1 is 1.33 bits per heavy atom. The number of aromatic nitrogens is 1. The van der Waals surface area contributed by atoms with Crippen molar-refractivity contribution in [1.82, 2.24) is 4.98 Å². The smallest absolute Gasteiger partial charge is 0.230 e. The summed E-state index contributed by atoms with van der Waals surface area (Å²) in [6, 6.07) is 9.25. The van der Waals surface area contributed by atoms with Crippen LogP contribution in [0.3, 0.4) is 0 Å². The molecule has 1 aromatic heterocycles. The molecule has 1 aromatic carbocycles. The molecule has 0 spiro atoms. The van der Waals surface area contributed by atoms with Gasteiger partial charge in [-0.2, -0.15) is 0 Å². The third kappa shape index (κ3) is 2.51. The van der Waals surface area contributed by atoms with Crippen LogP contribution in [0.25, 0.3) is 0 Å². The number of amidine groups is 1. The molecule has 2 rings (SSSR count). The summed E-state index contributed by atoms with van der Waals surface area (Å²) >= 11 is 3.40. The van der Waals surface area contributed by atoms with Gasteiger partial charge in [-0.15, -0.1) is 0 Å². The second-order valence-electron chi connectivity index (χ2n) is 3.75. The first-order chi connectivity index (χ1) is 8.59. The molecule has 0 saturated heterocycles. The van der Waals surface area contributed by atoms with Gasteiger partial charge >= 0.3 is 0 Å². The fraction of sp³-hybridized carbons (Fsp3) is 0.0769. The molecule has 0 unspecified atom stereocenters. The predicted octanol–water partition coefficient (Wildman–Crippen LogP) is 3.23. The molecule has 4 nitrogen and oxygen atoms in total. The maximum Gasteiger partial charge on any atom is 0.230 e. The Morgan fingerprint density at radius 2 is 2.06 bits per heavy atom. The number of benzene rings is 1. The monoisotopic (exact) mass is 305 g/mol. The lowest BCUT2D eigenvalue weighted by Crippen LogP contribution is -2.14. The van der Waals surface area contributed by atoms with Crippen molar-refractivity contribution in [3.8, 4) is 11.6 Å². The van der Waals surface area contributed by atoms with Gasteiger partial charge in [0.2, 0.25) is 5.88 Å². The fourth-order valence-electron chi connectivity index (χ4n) is 1.57. The molecule has 0 saturated carbocycles. The van der Waals surface area contributed by atoms with Crippen molar-refractivity contribution in [3.05, 3.63) is 52.1 Å². The van der Waals surface area contributed by atoms with Crippen molar-refractivity contribution in [2.45, 2.75) is 6.92 Å². The molecule has 18 heavy (non-hydrogen) atoms. The van der Waals surface area contributed by atoms with Crippen LogP contribution in [0, 0.1) is 12.3 Å². The van der Waals surface area contributed by atoms with E-state index in [1.807, 2.05) is 31.2 Å². The van der Waals surface area contributed by atoms with Gasteiger partial charge in [-0.3, -0.25) is 5.41 Å². The van der Waals surface area contributed by atoms with Crippen LogP contribution in [0.4, 0.5) is 0 Å². The van der Waals surface area contributed by atoms with Gasteiger partial charge in [-0.25, -0.2) is 4.98 Å². The predicted molar refractivity (Wildman–Crippen MR) is 74.2 cm³/mol. The molecule has 2 aromatic rings. The summed E-state index contributed by atoms with van der Waals surface area (Å²) < 4.78 is 6.53. The zero-order valence-corrected chi connectivity index (χ0v) is 11.4. The van der Waals surface area contributed by atoms with Gasteiger partial charge in [-0.05, 0) is 46.6 Å². The molecular formula is C13H12BrN3O. The first-order valence-electron chi connectivity index (χ1n) is 5.32. The summed E-state index contributed by atoms with van der Waals surface area (Å²) in [7, 11) is 0. The average molecular weight is 306 g/mol. The Bertz CT molecular complexity index is 599. The summed E-state index contributed by atoms with van der Waals surface area (Å²) in [5.74, 6) is 0.926. The third-order valence-corrected chi connectivity index (χ3v) is 3.09. The lowest BCUT2D eigenvalue weighted by Gasteiger charge is -2.11. The second-order valence-corrected chi connectivity index (χ2v) is 4.61.